The van der Waals surface area contributed by atoms with Gasteiger partial charge in [0.2, 0.25) is 94.5 Å². The maximum Gasteiger partial charge on any atom is 0.305 e. The van der Waals surface area contributed by atoms with Crippen LogP contribution in [0.2, 0.25) is 0 Å². The van der Waals surface area contributed by atoms with E-state index < -0.39 is 261 Å². The number of hydrogen-bond donors (Lipinski definition) is 25. The first kappa shape index (κ1) is 111. The van der Waals surface area contributed by atoms with Gasteiger partial charge in [-0.05, 0) is 106 Å². The number of phenolic OH excluding ortho intramolecular Hbond substituents is 2. The maximum absolute atomic E-state index is 14.7. The van der Waals surface area contributed by atoms with E-state index in [0.29, 0.717) is 49.9 Å². The molecule has 0 aliphatic carbocycles. The summed E-state index contributed by atoms with van der Waals surface area (Å²) in [4.78, 5) is 257. The van der Waals surface area contributed by atoms with Crippen LogP contribution in [0.25, 0.3) is 0 Å². The summed E-state index contributed by atoms with van der Waals surface area (Å²) in [6, 6.07) is -4.26. The third-order valence-corrected chi connectivity index (χ3v) is 21.5. The Bertz CT molecular complexity index is 4380. The summed E-state index contributed by atoms with van der Waals surface area (Å²) in [6.07, 6.45) is -6.03. The van der Waals surface area contributed by atoms with Crippen molar-refractivity contribution < 1.29 is 137 Å². The number of nitrogens with two attached hydrogens (primary N) is 1. The molecule has 0 saturated carbocycles. The molecule has 131 heavy (non-hydrogen) atoms. The minimum absolute atomic E-state index is 0.0788. The maximum atomic E-state index is 14.7. The van der Waals surface area contributed by atoms with Crippen molar-refractivity contribution in [2.24, 2.45) is 17.6 Å². The number of amides is 16. The van der Waals surface area contributed by atoms with Gasteiger partial charge in [-0.1, -0.05) is 95.1 Å². The molecule has 16 atom stereocenters. The number of nitrogens with one attached hydrogen (secondary N) is 15. The lowest BCUT2D eigenvalue weighted by atomic mass is 9.96. The van der Waals surface area contributed by atoms with Gasteiger partial charge >= 0.3 is 17.9 Å². The molecular formula is C84H124N18O28S. The first-order valence-corrected chi connectivity index (χ1v) is 43.6. The van der Waals surface area contributed by atoms with E-state index in [1.54, 1.807) is 58.0 Å². The molecule has 1 aliphatic rings. The first-order chi connectivity index (χ1) is 61.9. The van der Waals surface area contributed by atoms with E-state index in [-0.39, 0.29) is 72.7 Å². The average Bonchev–Trinajstić information content (AvgIpc) is 1.01. The Morgan fingerprint density at radius 3 is 1.31 bits per heavy atom. The minimum atomic E-state index is -2.23. The second-order valence-corrected chi connectivity index (χ2v) is 32.9. The number of carbonyl (C=O) groups excluding carboxylic acids is 16. The highest BCUT2D eigenvalue weighted by Gasteiger charge is 2.41. The van der Waals surface area contributed by atoms with Crippen LogP contribution >= 0.6 is 11.8 Å². The Morgan fingerprint density at radius 2 is 0.847 bits per heavy atom. The van der Waals surface area contributed by atoms with Crippen LogP contribution in [0.3, 0.4) is 0 Å². The fourth-order valence-corrected chi connectivity index (χ4v) is 13.8. The quantitative estimate of drug-likeness (QED) is 0.0234. The predicted molar refractivity (Wildman–Crippen MR) is 468 cm³/mol. The van der Waals surface area contributed by atoms with E-state index in [2.05, 4.69) is 79.8 Å². The number of aliphatic hydroxyl groups excluding tert-OH is 4. The van der Waals surface area contributed by atoms with Crippen LogP contribution in [0, 0.1) is 11.8 Å². The minimum Gasteiger partial charge on any atom is -0.508 e. The molecule has 0 unspecified atom stereocenters. The number of phenols is 2. The smallest absolute Gasteiger partial charge is 0.305 e. The number of aliphatic carboxylic acids is 3. The monoisotopic (exact) mass is 1860 g/mol. The van der Waals surface area contributed by atoms with Crippen molar-refractivity contribution in [3.8, 4) is 11.5 Å². The molecule has 26 N–H and O–H groups in total. The molecule has 1 aliphatic heterocycles. The molecule has 46 nitrogen and oxygen atoms in total. The van der Waals surface area contributed by atoms with Crippen molar-refractivity contribution in [1.29, 1.82) is 0 Å². The zero-order valence-corrected chi connectivity index (χ0v) is 74.9. The first-order valence-electron chi connectivity index (χ1n) is 42.5. The number of hydrazine groups is 1. The summed E-state index contributed by atoms with van der Waals surface area (Å²) < 4.78 is 0. The molecule has 0 radical (unpaired) electrons. The van der Waals surface area contributed by atoms with Crippen LogP contribution in [-0.2, 0) is 110 Å². The zero-order chi connectivity index (χ0) is 97.9. The number of nitrogens with zero attached hydrogens (tertiary/aromatic N) is 2. The number of thioether (sulfide) groups is 1. The standard InChI is InChI=1S/C84H124N18O28S/c1-9-45(4)70(82(128)94-57(36-51-20-24-53(108)25-21-51)76(122)90-55(33-44(2)3)75(121)92-59(37-68(115)116)74(120)88-46(5)15-13-14-29-85)99-81(127)62(41-104)96-77(123)56(35-50-18-22-52(107)23-19-50)91-78(124)60(38-69(117)118)93-80(126)61(40-103)97-84(130)72(48(7)106)100-79(125)58(34-49-16-11-10-12-17-49)95-83(129)71(47(6)105)98-63(109)39-87-73(119)54(26-27-67(113)114)89-65(111)43-131-42-64(110)86-30-32-102-66(112)28-31-101(102)8/h10-12,16-25,44-48,54-62,70-72,103-108H,9,13-15,26-43,85H2,1-8H3,(H,86,110)(H,87,119)(H,88,120)(H,89,111)(H,90,122)(H,91,124)(H,92,121)(H,93,126)(H,94,128)(H,95,129)(H,96,123)(H,97,130)(H,98,109)(H,99,127)(H,100,125)(H,113,114)(H,115,116)(H,117,118)/t45-,46+,47+,48+,54-,55-,56-,57-,58-,59-,60-,61-,62-,70-,71-,72-/m0/s1. The summed E-state index contributed by atoms with van der Waals surface area (Å²) in [5.41, 5.74) is 6.49. The largest absolute Gasteiger partial charge is 0.508 e. The lowest BCUT2D eigenvalue weighted by Gasteiger charge is -2.30. The molecule has 0 aromatic heterocycles. The predicted octanol–water partition coefficient (Wildman–Crippen LogP) is -6.73. The Balaban J connectivity index is 1.53. The van der Waals surface area contributed by atoms with Gasteiger partial charge in [0.05, 0.1) is 62.9 Å². The Hall–Kier alpha value is -12.7. The molecule has 1 saturated heterocycles. The van der Waals surface area contributed by atoms with Crippen molar-refractivity contribution in [1.82, 2.24) is 89.8 Å². The van der Waals surface area contributed by atoms with Crippen LogP contribution in [0.5, 0.6) is 11.5 Å². The van der Waals surface area contributed by atoms with E-state index in [0.717, 1.165) is 25.6 Å². The van der Waals surface area contributed by atoms with Gasteiger partial charge in [-0.15, -0.1) is 11.8 Å². The summed E-state index contributed by atoms with van der Waals surface area (Å²) >= 11 is 0.852. The van der Waals surface area contributed by atoms with E-state index in [1.807, 2.05) is 0 Å². The SMILES string of the molecule is CC[C@H](C)[C@H](NC(=O)[C@H](CO)NC(=O)[C@H](Cc1ccc(O)cc1)NC(=O)[C@H](CC(=O)O)NC(=O)[C@H](CO)NC(=O)[C@@H](NC(=O)[C@H](Cc1ccccc1)NC(=O)[C@@H](NC(=O)CNC(=O)[C@H](CCC(=O)O)NC(=O)CSCC(=O)NCCN1C(=O)CCN1C)[C@@H](C)O)[C@@H](C)O)C(=O)N[C@@H](Cc1ccc(O)cc1)C(=O)N[C@@H](CC(C)C)C(=O)N[C@@H](CC(=O)O)C(=O)N[C@H](C)CCCCN. The number of rotatable bonds is 59. The number of carbonyl (C=O) groups is 19. The summed E-state index contributed by atoms with van der Waals surface area (Å²) in [5.74, 6) is -23.5. The Kier molecular flexibility index (Phi) is 47.9. The van der Waals surface area contributed by atoms with Crippen LogP contribution < -0.4 is 85.5 Å². The number of aliphatic hydroxyl groups is 4. The van der Waals surface area contributed by atoms with Crippen molar-refractivity contribution in [3.63, 3.8) is 0 Å². The number of hydrogen-bond acceptors (Lipinski definition) is 28. The number of unbranched alkanes of at least 4 members (excludes halogenated alkanes) is 1. The van der Waals surface area contributed by atoms with Crippen LogP contribution in [0.4, 0.5) is 0 Å². The van der Waals surface area contributed by atoms with Gasteiger partial charge in [0.1, 0.15) is 84.0 Å². The van der Waals surface area contributed by atoms with Crippen molar-refractivity contribution >= 4 is 124 Å². The fraction of sp³-hybridized carbons (Fsp3) is 0.560. The van der Waals surface area contributed by atoms with Gasteiger partial charge in [-0.2, -0.15) is 0 Å². The normalized spacial score (nSPS) is 15.6. The molecule has 1 heterocycles. The van der Waals surface area contributed by atoms with Gasteiger partial charge in [0, 0.05) is 58.3 Å². The molecular weight excluding hydrogens is 1740 g/mol. The summed E-state index contributed by atoms with van der Waals surface area (Å²) in [6.45, 7) is 8.06. The molecule has 724 valence electrons. The van der Waals surface area contributed by atoms with Crippen LogP contribution in [-0.4, -0.2) is 324 Å². The van der Waals surface area contributed by atoms with E-state index >= 15 is 0 Å². The number of carboxylic acid groups (broad SMARTS) is 3. The number of aromatic hydroxyl groups is 2. The topological polar surface area (TPSA) is 719 Å². The molecule has 0 bridgehead atoms. The Morgan fingerprint density at radius 1 is 0.435 bits per heavy atom. The second-order valence-electron chi connectivity index (χ2n) is 32.0. The molecule has 1 fully saturated rings. The van der Waals surface area contributed by atoms with E-state index in [4.69, 9.17) is 5.73 Å². The Labute approximate surface area is 759 Å². The number of benzene rings is 3. The van der Waals surface area contributed by atoms with Crippen molar-refractivity contribution in [2.75, 3.05) is 64.5 Å². The summed E-state index contributed by atoms with van der Waals surface area (Å²) in [7, 11) is 1.72. The van der Waals surface area contributed by atoms with E-state index in [1.165, 1.54) is 72.6 Å². The highest BCUT2D eigenvalue weighted by atomic mass is 32.2. The second kappa shape index (κ2) is 56.7. The lowest BCUT2D eigenvalue weighted by Crippen LogP contribution is -2.63. The average molecular weight is 1870 g/mol. The third-order valence-electron chi connectivity index (χ3n) is 20.5. The van der Waals surface area contributed by atoms with Gasteiger partial charge in [0.15, 0.2) is 0 Å². The lowest BCUT2D eigenvalue weighted by molar-refractivity contribution is -0.142. The zero-order valence-electron chi connectivity index (χ0n) is 74.0. The van der Waals surface area contributed by atoms with Crippen LogP contribution in [0.1, 0.15) is 129 Å². The molecule has 16 amide bonds. The fourth-order valence-electron chi connectivity index (χ4n) is 13.1. The van der Waals surface area contributed by atoms with Gasteiger partial charge in [-0.25, -0.2) is 5.01 Å². The van der Waals surface area contributed by atoms with E-state index in [9.17, 15) is 137 Å². The third kappa shape index (κ3) is 40.1. The molecule has 0 spiro atoms. The molecule has 47 heteroatoms. The van der Waals surface area contributed by atoms with Crippen molar-refractivity contribution in [2.45, 2.75) is 223 Å². The highest BCUT2D eigenvalue weighted by Crippen LogP contribution is 2.19. The molecule has 3 aromatic carbocycles. The van der Waals surface area contributed by atoms with Crippen molar-refractivity contribution in [3.05, 3.63) is 95.6 Å². The van der Waals surface area contributed by atoms with Gasteiger partial charge in [-0.3, -0.25) is 96.1 Å². The summed E-state index contributed by atoms with van der Waals surface area (Å²) in [5, 5.41) is 131. The molecule has 3 aromatic rings. The molecule has 4 rings (SSSR count). The van der Waals surface area contributed by atoms with Gasteiger partial charge in [0.25, 0.3) is 0 Å². The van der Waals surface area contributed by atoms with Gasteiger partial charge < -0.3 is 131 Å². The highest BCUT2D eigenvalue weighted by molar-refractivity contribution is 8.00. The number of carboxylic acids is 3. The van der Waals surface area contributed by atoms with Crippen LogP contribution in [0.15, 0.2) is 78.9 Å².